The number of allylic oxidation sites excluding steroid dienone is 3. The number of carbonyl (C=O) groups is 1. The van der Waals surface area contributed by atoms with Gasteiger partial charge in [0.1, 0.15) is 0 Å². The van der Waals surface area contributed by atoms with Crippen LogP contribution in [0, 0.1) is 38.9 Å². The summed E-state index contributed by atoms with van der Waals surface area (Å²) in [4.78, 5) is 13.0. The van der Waals surface area contributed by atoms with E-state index >= 15 is 0 Å². The molecule has 5 aliphatic rings. The van der Waals surface area contributed by atoms with Crippen molar-refractivity contribution < 1.29 is 4.79 Å². The van der Waals surface area contributed by atoms with Gasteiger partial charge < -0.3 is 5.32 Å². The van der Waals surface area contributed by atoms with Crippen molar-refractivity contribution in [3.63, 3.8) is 0 Å². The van der Waals surface area contributed by atoms with Crippen LogP contribution in [0.25, 0.3) is 0 Å². The Morgan fingerprint density at radius 2 is 1.81 bits per heavy atom. The fourth-order valence-corrected chi connectivity index (χ4v) is 9.38. The molecular weight excluding hydrogens is 330 g/mol. The Balaban J connectivity index is 1.60. The number of nitrogens with one attached hydrogen (secondary N) is 1. The van der Waals surface area contributed by atoms with Gasteiger partial charge in [0.25, 0.3) is 0 Å². The lowest BCUT2D eigenvalue weighted by atomic mass is 9.43. The molecule has 4 fully saturated rings. The molecule has 2 nitrogen and oxygen atoms in total. The van der Waals surface area contributed by atoms with E-state index in [0.717, 1.165) is 17.9 Å². The van der Waals surface area contributed by atoms with Crippen LogP contribution in [-0.4, -0.2) is 18.9 Å². The Bertz CT molecular complexity index is 777. The summed E-state index contributed by atoms with van der Waals surface area (Å²) in [6.45, 7) is 11.9. The molecule has 0 aromatic carbocycles. The SMILES string of the molecule is C/C=C1/C(=O)C[C@@]2(C)[C@H]3CC[C@H]4C(C)(C)[C@@H](NC)C=C[C@@]45C[C@@]35CC[C@]12C. The Morgan fingerprint density at radius 1 is 1.11 bits per heavy atom. The second-order valence-corrected chi connectivity index (χ2v) is 11.6. The zero-order chi connectivity index (χ0) is 19.5. The first-order valence-electron chi connectivity index (χ1n) is 11.2. The smallest absolute Gasteiger partial charge is 0.159 e. The maximum atomic E-state index is 13.0. The van der Waals surface area contributed by atoms with E-state index in [2.05, 4.69) is 65.2 Å². The third-order valence-electron chi connectivity index (χ3n) is 10.9. The number of fused-ring (bicyclic) bond motifs is 2. The highest BCUT2D eigenvalue weighted by Gasteiger charge is 2.81. The van der Waals surface area contributed by atoms with E-state index in [9.17, 15) is 4.79 Å². The van der Waals surface area contributed by atoms with E-state index < -0.39 is 0 Å². The zero-order valence-electron chi connectivity index (χ0n) is 18.1. The van der Waals surface area contributed by atoms with E-state index in [0.29, 0.717) is 34.0 Å². The lowest BCUT2D eigenvalue weighted by molar-refractivity contribution is -0.119. The van der Waals surface area contributed by atoms with Gasteiger partial charge in [0.15, 0.2) is 5.78 Å². The van der Waals surface area contributed by atoms with Gasteiger partial charge in [0, 0.05) is 17.9 Å². The molecule has 27 heavy (non-hydrogen) atoms. The number of rotatable bonds is 1. The Kier molecular flexibility index (Phi) is 3.35. The van der Waals surface area contributed by atoms with Crippen molar-refractivity contribution in [2.45, 2.75) is 79.2 Å². The minimum absolute atomic E-state index is 0.0901. The minimum Gasteiger partial charge on any atom is -0.313 e. The van der Waals surface area contributed by atoms with Crippen LogP contribution >= 0.6 is 0 Å². The summed E-state index contributed by atoms with van der Waals surface area (Å²) in [6.07, 6.45) is 14.6. The first kappa shape index (κ1) is 18.2. The number of hydrogen-bond acceptors (Lipinski definition) is 2. The van der Waals surface area contributed by atoms with Gasteiger partial charge in [-0.3, -0.25) is 4.79 Å². The standard InChI is InChI=1S/C25H37NO/c1-7-16-17(27)14-23(5)19-9-8-18-21(2,3)20(26-6)10-11-24(18)15-25(19,24)13-12-22(16,23)4/h7,10-11,18-20,26H,8-9,12-15H2,1-6H3/b16-7-/t18-,19+,20-,22+,23-,24+,25-/m0/s1. The van der Waals surface area contributed by atoms with E-state index in [-0.39, 0.29) is 10.8 Å². The molecule has 0 unspecified atom stereocenters. The molecule has 0 saturated heterocycles. The van der Waals surface area contributed by atoms with Gasteiger partial charge >= 0.3 is 0 Å². The van der Waals surface area contributed by atoms with E-state index in [1.54, 1.807) is 0 Å². The van der Waals surface area contributed by atoms with Crippen LogP contribution in [-0.2, 0) is 4.79 Å². The largest absolute Gasteiger partial charge is 0.313 e. The molecule has 1 N–H and O–H groups in total. The van der Waals surface area contributed by atoms with Crippen molar-refractivity contribution in [1.29, 1.82) is 0 Å². The molecule has 7 atom stereocenters. The predicted octanol–water partition coefficient (Wildman–Crippen LogP) is 5.30. The van der Waals surface area contributed by atoms with Crippen LogP contribution in [0.3, 0.4) is 0 Å². The van der Waals surface area contributed by atoms with Crippen LogP contribution in [0.4, 0.5) is 0 Å². The van der Waals surface area contributed by atoms with Crippen molar-refractivity contribution in [1.82, 2.24) is 5.32 Å². The topological polar surface area (TPSA) is 29.1 Å². The molecule has 0 aromatic rings. The minimum atomic E-state index is 0.0901. The summed E-state index contributed by atoms with van der Waals surface area (Å²) >= 11 is 0. The second-order valence-electron chi connectivity index (χ2n) is 11.6. The van der Waals surface area contributed by atoms with E-state index in [4.69, 9.17) is 0 Å². The Labute approximate surface area is 165 Å². The van der Waals surface area contributed by atoms with Gasteiger partial charge in [-0.2, -0.15) is 0 Å². The van der Waals surface area contributed by atoms with Gasteiger partial charge in [0.2, 0.25) is 0 Å². The highest BCUT2D eigenvalue weighted by atomic mass is 16.1. The molecule has 0 aliphatic heterocycles. The molecule has 148 valence electrons. The third-order valence-corrected chi connectivity index (χ3v) is 10.9. The predicted molar refractivity (Wildman–Crippen MR) is 110 cm³/mol. The molecule has 0 bridgehead atoms. The number of Topliss-reactive ketones (excluding diaryl/α,β-unsaturated/α-hetero) is 1. The molecule has 0 amide bonds. The monoisotopic (exact) mass is 367 g/mol. The maximum absolute atomic E-state index is 13.0. The van der Waals surface area contributed by atoms with Crippen molar-refractivity contribution in [2.75, 3.05) is 7.05 Å². The lowest BCUT2D eigenvalue weighted by Gasteiger charge is -2.61. The molecule has 5 rings (SSSR count). The summed E-state index contributed by atoms with van der Waals surface area (Å²) in [6, 6.07) is 0.481. The van der Waals surface area contributed by atoms with Crippen molar-refractivity contribution in [2.24, 2.45) is 38.9 Å². The average molecular weight is 368 g/mol. The van der Waals surface area contributed by atoms with Crippen LogP contribution in [0.5, 0.6) is 0 Å². The number of hydrogen-bond donors (Lipinski definition) is 1. The quantitative estimate of drug-likeness (QED) is 0.503. The van der Waals surface area contributed by atoms with E-state index in [1.165, 1.54) is 32.1 Å². The maximum Gasteiger partial charge on any atom is 0.159 e. The number of carbonyl (C=O) groups excluding carboxylic acids is 1. The molecule has 2 spiro atoms. The Morgan fingerprint density at radius 3 is 2.48 bits per heavy atom. The number of likely N-dealkylation sites (N-methyl/N-ethyl adjacent to an activating group) is 1. The molecule has 5 aliphatic carbocycles. The third kappa shape index (κ3) is 1.73. The summed E-state index contributed by atoms with van der Waals surface area (Å²) in [5.41, 5.74) is 2.55. The first-order valence-corrected chi connectivity index (χ1v) is 11.2. The number of ketones is 1. The molecule has 0 radical (unpaired) electrons. The second kappa shape index (κ2) is 4.99. The summed E-state index contributed by atoms with van der Waals surface area (Å²) in [5, 5.41) is 3.56. The van der Waals surface area contributed by atoms with Gasteiger partial charge in [-0.1, -0.05) is 45.9 Å². The van der Waals surface area contributed by atoms with Crippen molar-refractivity contribution in [3.05, 3.63) is 23.8 Å². The molecular formula is C25H37NO. The van der Waals surface area contributed by atoms with Gasteiger partial charge in [0.05, 0.1) is 0 Å². The molecule has 0 heterocycles. The lowest BCUT2D eigenvalue weighted by Crippen LogP contribution is -2.57. The molecule has 2 heteroatoms. The van der Waals surface area contributed by atoms with Crippen LogP contribution in [0.1, 0.15) is 73.1 Å². The summed E-state index contributed by atoms with van der Waals surface area (Å²) in [7, 11) is 2.11. The fraction of sp³-hybridized carbons (Fsp3) is 0.800. The van der Waals surface area contributed by atoms with Crippen molar-refractivity contribution in [3.8, 4) is 0 Å². The van der Waals surface area contributed by atoms with Crippen LogP contribution in [0.15, 0.2) is 23.8 Å². The van der Waals surface area contributed by atoms with Crippen LogP contribution in [0.2, 0.25) is 0 Å². The summed E-state index contributed by atoms with van der Waals surface area (Å²) in [5.74, 6) is 1.91. The zero-order valence-corrected chi connectivity index (χ0v) is 18.1. The highest BCUT2D eigenvalue weighted by Crippen LogP contribution is 2.87. The fourth-order valence-electron chi connectivity index (χ4n) is 9.38. The molecule has 4 saturated carbocycles. The van der Waals surface area contributed by atoms with Gasteiger partial charge in [-0.15, -0.1) is 0 Å². The van der Waals surface area contributed by atoms with Crippen LogP contribution < -0.4 is 5.32 Å². The van der Waals surface area contributed by atoms with Gasteiger partial charge in [-0.05, 0) is 85.1 Å². The van der Waals surface area contributed by atoms with Gasteiger partial charge in [-0.25, -0.2) is 0 Å². The first-order chi connectivity index (χ1) is 12.6. The average Bonchev–Trinajstić information content (AvgIpc) is 3.21. The van der Waals surface area contributed by atoms with Crippen molar-refractivity contribution >= 4 is 5.78 Å². The van der Waals surface area contributed by atoms with E-state index in [1.807, 2.05) is 0 Å². The normalized spacial score (nSPS) is 56.3. The molecule has 0 aromatic heterocycles. The summed E-state index contributed by atoms with van der Waals surface area (Å²) < 4.78 is 0. The Hall–Kier alpha value is -0.890. The highest BCUT2D eigenvalue weighted by molar-refractivity contribution is 6.00.